The number of likely N-dealkylation sites (N-methyl/N-ethyl adjacent to an activating group) is 1. The maximum atomic E-state index is 12.8. The number of hydrogen-bond acceptors (Lipinski definition) is 4. The molecular formula is C18H21ClN2O4S. The third-order valence-corrected chi connectivity index (χ3v) is 5.22. The molecule has 8 heteroatoms. The molecule has 26 heavy (non-hydrogen) atoms. The first-order valence-electron chi connectivity index (χ1n) is 7.94. The summed E-state index contributed by atoms with van der Waals surface area (Å²) in [5.74, 6) is 0.0886. The molecule has 0 spiro atoms. The standard InChI is InChI=1S/C18H21ClN2O4S/c1-4-20(14-8-6-5-7-9-14)18(22)13-21(26(3,23)24)15-10-11-17(25-2)16(19)12-15/h5-12H,4,13H2,1-3H3. The van der Waals surface area contributed by atoms with Crippen LogP contribution >= 0.6 is 11.6 Å². The number of anilines is 2. The Kier molecular flexibility index (Phi) is 6.50. The van der Waals surface area contributed by atoms with Gasteiger partial charge in [-0.1, -0.05) is 29.8 Å². The first-order valence-corrected chi connectivity index (χ1v) is 10.2. The number of carbonyl (C=O) groups is 1. The van der Waals surface area contributed by atoms with Gasteiger partial charge in [0.1, 0.15) is 12.3 Å². The third-order valence-electron chi connectivity index (χ3n) is 3.79. The molecule has 0 radical (unpaired) electrons. The molecule has 0 fully saturated rings. The zero-order valence-corrected chi connectivity index (χ0v) is 16.4. The number of rotatable bonds is 7. The Bertz CT molecular complexity index is 872. The first kappa shape index (κ1) is 20.1. The van der Waals surface area contributed by atoms with Crippen molar-refractivity contribution in [3.63, 3.8) is 0 Å². The molecule has 140 valence electrons. The molecule has 0 heterocycles. The number of hydrogen-bond donors (Lipinski definition) is 0. The van der Waals surface area contributed by atoms with Crippen molar-refractivity contribution < 1.29 is 17.9 Å². The van der Waals surface area contributed by atoms with Gasteiger partial charge >= 0.3 is 0 Å². The molecule has 1 amide bonds. The van der Waals surface area contributed by atoms with E-state index in [-0.39, 0.29) is 17.5 Å². The molecule has 0 aliphatic rings. The van der Waals surface area contributed by atoms with Crippen molar-refractivity contribution in [2.24, 2.45) is 0 Å². The summed E-state index contributed by atoms with van der Waals surface area (Å²) in [6, 6.07) is 13.7. The normalized spacial score (nSPS) is 11.1. The molecule has 0 atom stereocenters. The van der Waals surface area contributed by atoms with E-state index in [1.807, 2.05) is 25.1 Å². The number of halogens is 1. The van der Waals surface area contributed by atoms with Crippen LogP contribution < -0.4 is 13.9 Å². The molecule has 0 saturated heterocycles. The lowest BCUT2D eigenvalue weighted by molar-refractivity contribution is -0.117. The van der Waals surface area contributed by atoms with Crippen LogP contribution in [-0.4, -0.2) is 40.8 Å². The van der Waals surface area contributed by atoms with E-state index in [2.05, 4.69) is 0 Å². The van der Waals surface area contributed by atoms with Crippen molar-refractivity contribution in [3.8, 4) is 5.75 Å². The van der Waals surface area contributed by atoms with E-state index in [0.717, 1.165) is 10.6 Å². The molecule has 0 aromatic heterocycles. The fraction of sp³-hybridized carbons (Fsp3) is 0.278. The van der Waals surface area contributed by atoms with E-state index in [0.29, 0.717) is 23.7 Å². The molecule has 2 aromatic rings. The molecule has 0 unspecified atom stereocenters. The minimum atomic E-state index is -3.69. The quantitative estimate of drug-likeness (QED) is 0.721. The predicted molar refractivity (Wildman–Crippen MR) is 105 cm³/mol. The molecule has 2 rings (SSSR count). The fourth-order valence-corrected chi connectivity index (χ4v) is 3.62. The van der Waals surface area contributed by atoms with Gasteiger partial charge in [-0.25, -0.2) is 8.42 Å². The highest BCUT2D eigenvalue weighted by atomic mass is 35.5. The van der Waals surface area contributed by atoms with Crippen LogP contribution in [-0.2, 0) is 14.8 Å². The molecule has 0 N–H and O–H groups in total. The third kappa shape index (κ3) is 4.68. The largest absolute Gasteiger partial charge is 0.495 e. The Morgan fingerprint density at radius 2 is 1.77 bits per heavy atom. The molecule has 6 nitrogen and oxygen atoms in total. The van der Waals surface area contributed by atoms with Gasteiger partial charge in [0.15, 0.2) is 0 Å². The van der Waals surface area contributed by atoms with E-state index < -0.39 is 10.0 Å². The number of para-hydroxylation sites is 1. The van der Waals surface area contributed by atoms with E-state index in [9.17, 15) is 13.2 Å². The Morgan fingerprint density at radius 1 is 1.12 bits per heavy atom. The summed E-state index contributed by atoms with van der Waals surface area (Å²) in [6.45, 7) is 1.92. The van der Waals surface area contributed by atoms with E-state index >= 15 is 0 Å². The number of amides is 1. The van der Waals surface area contributed by atoms with E-state index in [1.165, 1.54) is 18.1 Å². The summed E-state index contributed by atoms with van der Waals surface area (Å²) in [4.78, 5) is 14.3. The monoisotopic (exact) mass is 396 g/mol. The average molecular weight is 397 g/mol. The van der Waals surface area contributed by atoms with Crippen LogP contribution in [0.2, 0.25) is 5.02 Å². The molecule has 0 bridgehead atoms. The summed E-state index contributed by atoms with van der Waals surface area (Å²) < 4.78 is 30.6. The number of ether oxygens (including phenoxy) is 1. The van der Waals surface area contributed by atoms with Crippen LogP contribution in [0.1, 0.15) is 6.92 Å². The molecule has 0 aliphatic heterocycles. The van der Waals surface area contributed by atoms with Crippen molar-refractivity contribution in [2.75, 3.05) is 35.7 Å². The minimum absolute atomic E-state index is 0.265. The number of nitrogens with zero attached hydrogens (tertiary/aromatic N) is 2. The first-order chi connectivity index (χ1) is 12.3. The summed E-state index contributed by atoms with van der Waals surface area (Å²) in [7, 11) is -2.22. The van der Waals surface area contributed by atoms with Crippen molar-refractivity contribution in [1.82, 2.24) is 0 Å². The van der Waals surface area contributed by atoms with Gasteiger partial charge < -0.3 is 9.64 Å². The predicted octanol–water partition coefficient (Wildman–Crippen LogP) is 3.17. The fourth-order valence-electron chi connectivity index (χ4n) is 2.53. The second kappa shape index (κ2) is 8.42. The van der Waals surface area contributed by atoms with Crippen LogP contribution in [0.15, 0.2) is 48.5 Å². The number of benzene rings is 2. The lowest BCUT2D eigenvalue weighted by Crippen LogP contribution is -2.42. The molecule has 2 aromatic carbocycles. The topological polar surface area (TPSA) is 66.9 Å². The van der Waals surface area contributed by atoms with Gasteiger partial charge in [-0.3, -0.25) is 9.10 Å². The highest BCUT2D eigenvalue weighted by Gasteiger charge is 2.25. The Morgan fingerprint density at radius 3 is 2.27 bits per heavy atom. The van der Waals surface area contributed by atoms with Gasteiger partial charge in [-0.2, -0.15) is 0 Å². The maximum absolute atomic E-state index is 12.8. The number of sulfonamides is 1. The van der Waals surface area contributed by atoms with Crippen LogP contribution in [0.4, 0.5) is 11.4 Å². The van der Waals surface area contributed by atoms with Crippen LogP contribution in [0, 0.1) is 0 Å². The Balaban J connectivity index is 2.34. The van der Waals surface area contributed by atoms with Gasteiger partial charge in [0.05, 0.1) is 24.1 Å². The van der Waals surface area contributed by atoms with Crippen LogP contribution in [0.5, 0.6) is 5.75 Å². The molecular weight excluding hydrogens is 376 g/mol. The highest BCUT2D eigenvalue weighted by Crippen LogP contribution is 2.30. The Hall–Kier alpha value is -2.25. The SMILES string of the molecule is CCN(C(=O)CN(c1ccc(OC)c(Cl)c1)S(C)(=O)=O)c1ccccc1. The van der Waals surface area contributed by atoms with Gasteiger partial charge in [-0.15, -0.1) is 0 Å². The molecule has 0 saturated carbocycles. The van der Waals surface area contributed by atoms with Crippen molar-refractivity contribution >= 4 is 38.9 Å². The Labute approximate surface area is 159 Å². The minimum Gasteiger partial charge on any atom is -0.495 e. The number of methoxy groups -OCH3 is 1. The smallest absolute Gasteiger partial charge is 0.247 e. The second-order valence-corrected chi connectivity index (χ2v) is 7.88. The summed E-state index contributed by atoms with van der Waals surface area (Å²) in [6.07, 6.45) is 1.05. The molecule has 0 aliphatic carbocycles. The zero-order chi connectivity index (χ0) is 19.3. The summed E-state index contributed by atoms with van der Waals surface area (Å²) in [5.41, 5.74) is 1.01. The van der Waals surface area contributed by atoms with Crippen LogP contribution in [0.25, 0.3) is 0 Å². The van der Waals surface area contributed by atoms with Gasteiger partial charge in [-0.05, 0) is 37.3 Å². The van der Waals surface area contributed by atoms with Gasteiger partial charge in [0.2, 0.25) is 15.9 Å². The average Bonchev–Trinajstić information content (AvgIpc) is 2.60. The summed E-state index contributed by atoms with van der Waals surface area (Å²) >= 11 is 6.10. The van der Waals surface area contributed by atoms with E-state index in [4.69, 9.17) is 16.3 Å². The lowest BCUT2D eigenvalue weighted by atomic mass is 10.2. The zero-order valence-electron chi connectivity index (χ0n) is 14.8. The number of carbonyl (C=O) groups excluding carboxylic acids is 1. The van der Waals surface area contributed by atoms with Crippen molar-refractivity contribution in [2.45, 2.75) is 6.92 Å². The lowest BCUT2D eigenvalue weighted by Gasteiger charge is -2.27. The van der Waals surface area contributed by atoms with Crippen molar-refractivity contribution in [3.05, 3.63) is 53.6 Å². The van der Waals surface area contributed by atoms with Crippen LogP contribution in [0.3, 0.4) is 0 Å². The van der Waals surface area contributed by atoms with Crippen molar-refractivity contribution in [1.29, 1.82) is 0 Å². The maximum Gasteiger partial charge on any atom is 0.247 e. The van der Waals surface area contributed by atoms with Gasteiger partial charge in [0, 0.05) is 12.2 Å². The van der Waals surface area contributed by atoms with Gasteiger partial charge in [0.25, 0.3) is 0 Å². The van der Waals surface area contributed by atoms with E-state index in [1.54, 1.807) is 24.3 Å². The summed E-state index contributed by atoms with van der Waals surface area (Å²) in [5, 5.41) is 0.265. The second-order valence-electron chi connectivity index (χ2n) is 5.56. The highest BCUT2D eigenvalue weighted by molar-refractivity contribution is 7.92.